The Morgan fingerprint density at radius 3 is 2.14 bits per heavy atom. The Hall–Kier alpha value is -4.11. The maximum Gasteiger partial charge on any atom is 0.255 e. The fourth-order valence-corrected chi connectivity index (χ4v) is 2.56. The van der Waals surface area contributed by atoms with Gasteiger partial charge in [0, 0.05) is 22.9 Å². The third kappa shape index (κ3) is 4.34. The van der Waals surface area contributed by atoms with E-state index in [1.807, 2.05) is 6.07 Å². The standard InChI is InChI=1S/C22H17N3O3/c1-28-19-7-4-6-18(13-19)24-21(26)15-9-11-16(12-10-15)22(27)25-20-8-3-2-5-17(20)14-23/h2-13H,1H3,(H,24,26)(H,25,27). The van der Waals surface area contributed by atoms with Gasteiger partial charge in [0.1, 0.15) is 11.8 Å². The van der Waals surface area contributed by atoms with Gasteiger partial charge >= 0.3 is 0 Å². The van der Waals surface area contributed by atoms with E-state index in [0.29, 0.717) is 33.8 Å². The largest absolute Gasteiger partial charge is 0.497 e. The lowest BCUT2D eigenvalue weighted by Crippen LogP contribution is -2.15. The summed E-state index contributed by atoms with van der Waals surface area (Å²) in [6.07, 6.45) is 0. The molecule has 2 N–H and O–H groups in total. The Labute approximate surface area is 162 Å². The molecule has 28 heavy (non-hydrogen) atoms. The molecule has 3 aromatic carbocycles. The number of nitriles is 1. The zero-order chi connectivity index (χ0) is 19.9. The predicted molar refractivity (Wildman–Crippen MR) is 106 cm³/mol. The first kappa shape index (κ1) is 18.7. The first-order chi connectivity index (χ1) is 13.6. The molecule has 3 aromatic rings. The molecule has 0 bridgehead atoms. The number of rotatable bonds is 5. The lowest BCUT2D eigenvalue weighted by Gasteiger charge is -2.09. The van der Waals surface area contributed by atoms with E-state index in [4.69, 9.17) is 10.00 Å². The molecule has 0 atom stereocenters. The van der Waals surface area contributed by atoms with Crippen molar-refractivity contribution in [3.05, 3.63) is 89.5 Å². The highest BCUT2D eigenvalue weighted by Crippen LogP contribution is 2.18. The third-order valence-corrected chi connectivity index (χ3v) is 4.03. The van der Waals surface area contributed by atoms with Gasteiger partial charge in [-0.1, -0.05) is 18.2 Å². The minimum absolute atomic E-state index is 0.296. The Morgan fingerprint density at radius 1 is 0.857 bits per heavy atom. The van der Waals surface area contributed by atoms with Gasteiger partial charge in [0.2, 0.25) is 0 Å². The summed E-state index contributed by atoms with van der Waals surface area (Å²) in [5.74, 6) is -0.0139. The second kappa shape index (κ2) is 8.52. The first-order valence-corrected chi connectivity index (χ1v) is 8.46. The number of hydrogen-bond acceptors (Lipinski definition) is 4. The highest BCUT2D eigenvalue weighted by molar-refractivity contribution is 6.07. The monoisotopic (exact) mass is 371 g/mol. The topological polar surface area (TPSA) is 91.2 Å². The summed E-state index contributed by atoms with van der Waals surface area (Å²) < 4.78 is 5.13. The summed E-state index contributed by atoms with van der Waals surface area (Å²) in [6.45, 7) is 0. The van der Waals surface area contributed by atoms with Crippen LogP contribution in [-0.2, 0) is 0 Å². The zero-order valence-electron chi connectivity index (χ0n) is 15.1. The van der Waals surface area contributed by atoms with Crippen molar-refractivity contribution < 1.29 is 14.3 Å². The van der Waals surface area contributed by atoms with Crippen LogP contribution in [-0.4, -0.2) is 18.9 Å². The quantitative estimate of drug-likeness (QED) is 0.707. The van der Waals surface area contributed by atoms with Crippen LogP contribution in [0.25, 0.3) is 0 Å². The number of ether oxygens (including phenoxy) is 1. The van der Waals surface area contributed by atoms with Gasteiger partial charge in [-0.15, -0.1) is 0 Å². The number of carbonyl (C=O) groups excluding carboxylic acids is 2. The van der Waals surface area contributed by atoms with Gasteiger partial charge in [-0.25, -0.2) is 0 Å². The molecular formula is C22H17N3O3. The van der Waals surface area contributed by atoms with Crippen LogP contribution in [0.3, 0.4) is 0 Å². The predicted octanol–water partition coefficient (Wildman–Crippen LogP) is 4.07. The zero-order valence-corrected chi connectivity index (χ0v) is 15.1. The van der Waals surface area contributed by atoms with E-state index in [2.05, 4.69) is 10.6 Å². The average molecular weight is 371 g/mol. The summed E-state index contributed by atoms with van der Waals surface area (Å²) in [6, 6.07) is 22.1. The fourth-order valence-electron chi connectivity index (χ4n) is 2.56. The lowest BCUT2D eigenvalue weighted by molar-refractivity contribution is 0.101. The number of hydrogen-bond donors (Lipinski definition) is 2. The molecule has 0 aliphatic heterocycles. The lowest BCUT2D eigenvalue weighted by atomic mass is 10.1. The number of benzene rings is 3. The van der Waals surface area contributed by atoms with Crippen LogP contribution in [0.1, 0.15) is 26.3 Å². The van der Waals surface area contributed by atoms with Crippen LogP contribution in [0.4, 0.5) is 11.4 Å². The summed E-state index contributed by atoms with van der Waals surface area (Å²) in [5, 5.41) is 14.6. The van der Waals surface area contributed by atoms with Crippen molar-refractivity contribution in [1.29, 1.82) is 5.26 Å². The minimum Gasteiger partial charge on any atom is -0.497 e. The van der Waals surface area contributed by atoms with Crippen molar-refractivity contribution >= 4 is 23.2 Å². The van der Waals surface area contributed by atoms with Crippen LogP contribution in [0.5, 0.6) is 5.75 Å². The van der Waals surface area contributed by atoms with Crippen LogP contribution in [0.2, 0.25) is 0 Å². The second-order valence-electron chi connectivity index (χ2n) is 5.87. The van der Waals surface area contributed by atoms with Gasteiger partial charge in [0.25, 0.3) is 11.8 Å². The third-order valence-electron chi connectivity index (χ3n) is 4.03. The molecule has 0 saturated carbocycles. The fraction of sp³-hybridized carbons (Fsp3) is 0.0455. The molecule has 0 unspecified atom stereocenters. The van der Waals surface area contributed by atoms with E-state index < -0.39 is 0 Å². The average Bonchev–Trinajstić information content (AvgIpc) is 2.74. The minimum atomic E-state index is -0.359. The maximum absolute atomic E-state index is 12.4. The highest BCUT2D eigenvalue weighted by atomic mass is 16.5. The molecule has 0 aliphatic rings. The van der Waals surface area contributed by atoms with E-state index in [1.54, 1.807) is 79.9 Å². The van der Waals surface area contributed by atoms with Gasteiger partial charge < -0.3 is 15.4 Å². The van der Waals surface area contributed by atoms with Gasteiger partial charge in [0.15, 0.2) is 0 Å². The first-order valence-electron chi connectivity index (χ1n) is 8.46. The van der Waals surface area contributed by atoms with Crippen molar-refractivity contribution in [1.82, 2.24) is 0 Å². The molecule has 2 amide bonds. The van der Waals surface area contributed by atoms with Crippen LogP contribution in [0.15, 0.2) is 72.8 Å². The van der Waals surface area contributed by atoms with Crippen LogP contribution >= 0.6 is 0 Å². The summed E-state index contributed by atoms with van der Waals surface area (Å²) in [5.41, 5.74) is 2.22. The number of amides is 2. The normalized spacial score (nSPS) is 9.86. The van der Waals surface area contributed by atoms with E-state index >= 15 is 0 Å². The molecule has 6 nitrogen and oxygen atoms in total. The molecule has 3 rings (SSSR count). The highest BCUT2D eigenvalue weighted by Gasteiger charge is 2.11. The number of anilines is 2. The Balaban J connectivity index is 1.69. The number of nitrogens with one attached hydrogen (secondary N) is 2. The van der Waals surface area contributed by atoms with Gasteiger partial charge in [0.05, 0.1) is 18.4 Å². The molecule has 0 aromatic heterocycles. The summed E-state index contributed by atoms with van der Waals surface area (Å²) in [7, 11) is 1.56. The van der Waals surface area contributed by atoms with Crippen molar-refractivity contribution in [3.8, 4) is 11.8 Å². The Bertz CT molecular complexity index is 1050. The molecule has 138 valence electrons. The van der Waals surface area contributed by atoms with Crippen LogP contribution < -0.4 is 15.4 Å². The number of methoxy groups -OCH3 is 1. The van der Waals surface area contributed by atoms with Crippen molar-refractivity contribution in [2.75, 3.05) is 17.7 Å². The smallest absolute Gasteiger partial charge is 0.255 e. The van der Waals surface area contributed by atoms with Gasteiger partial charge in [-0.05, 0) is 48.5 Å². The van der Waals surface area contributed by atoms with Crippen molar-refractivity contribution in [2.24, 2.45) is 0 Å². The molecule has 0 saturated heterocycles. The molecule has 6 heteroatoms. The molecule has 0 radical (unpaired) electrons. The Morgan fingerprint density at radius 2 is 1.50 bits per heavy atom. The maximum atomic E-state index is 12.4. The molecule has 0 heterocycles. The number of para-hydroxylation sites is 1. The van der Waals surface area contributed by atoms with E-state index in [9.17, 15) is 9.59 Å². The van der Waals surface area contributed by atoms with E-state index in [-0.39, 0.29) is 11.8 Å². The van der Waals surface area contributed by atoms with Crippen molar-refractivity contribution in [3.63, 3.8) is 0 Å². The summed E-state index contributed by atoms with van der Waals surface area (Å²) >= 11 is 0. The SMILES string of the molecule is COc1cccc(NC(=O)c2ccc(C(=O)Nc3ccccc3C#N)cc2)c1. The summed E-state index contributed by atoms with van der Waals surface area (Å²) in [4.78, 5) is 24.8. The number of carbonyl (C=O) groups is 2. The van der Waals surface area contributed by atoms with Crippen LogP contribution in [0, 0.1) is 11.3 Å². The molecule has 0 spiro atoms. The molecule has 0 aliphatic carbocycles. The second-order valence-corrected chi connectivity index (χ2v) is 5.87. The van der Waals surface area contributed by atoms with E-state index in [0.717, 1.165) is 0 Å². The molecular weight excluding hydrogens is 354 g/mol. The van der Waals surface area contributed by atoms with Gasteiger partial charge in [-0.3, -0.25) is 9.59 Å². The molecule has 0 fully saturated rings. The van der Waals surface area contributed by atoms with E-state index in [1.165, 1.54) is 0 Å². The van der Waals surface area contributed by atoms with Gasteiger partial charge in [-0.2, -0.15) is 5.26 Å². The Kier molecular flexibility index (Phi) is 5.68. The van der Waals surface area contributed by atoms with Crippen molar-refractivity contribution in [2.45, 2.75) is 0 Å². The number of nitrogens with zero attached hydrogens (tertiary/aromatic N) is 1.